The molecule has 0 aliphatic carbocycles. The third kappa shape index (κ3) is 3.86. The number of unbranched alkanes of at least 4 members (excludes halogenated alkanes) is 2. The number of carbonyl (C=O) groups excluding carboxylic acids is 1. The van der Waals surface area contributed by atoms with E-state index < -0.39 is 0 Å². The maximum atomic E-state index is 11.9. The van der Waals surface area contributed by atoms with Crippen molar-refractivity contribution in [1.29, 1.82) is 0 Å². The minimum absolute atomic E-state index is 0.134. The van der Waals surface area contributed by atoms with Crippen LogP contribution in [0, 0.1) is 12.3 Å². The summed E-state index contributed by atoms with van der Waals surface area (Å²) in [6.45, 7) is 4.14. The molecule has 0 fully saturated rings. The Hall–Kier alpha value is -1.11. The van der Waals surface area contributed by atoms with Gasteiger partial charge in [0.1, 0.15) is 0 Å². The topological polar surface area (TPSA) is 17.1 Å². The lowest BCUT2D eigenvalue weighted by atomic mass is 9.94. The SMILES string of the molecule is CC[CH]CCC(C)C(=O)c1ccccc1. The van der Waals surface area contributed by atoms with Crippen molar-refractivity contribution in [2.24, 2.45) is 5.92 Å². The van der Waals surface area contributed by atoms with Gasteiger partial charge in [-0.25, -0.2) is 0 Å². The Balaban J connectivity index is 2.46. The Bertz CT molecular complexity index is 289. The van der Waals surface area contributed by atoms with Gasteiger partial charge in [-0.1, -0.05) is 50.6 Å². The minimum Gasteiger partial charge on any atom is -0.294 e. The molecule has 0 spiro atoms. The van der Waals surface area contributed by atoms with Gasteiger partial charge in [-0.15, -0.1) is 0 Å². The highest BCUT2D eigenvalue weighted by molar-refractivity contribution is 5.97. The van der Waals surface area contributed by atoms with E-state index in [2.05, 4.69) is 13.3 Å². The van der Waals surface area contributed by atoms with Crippen molar-refractivity contribution in [3.05, 3.63) is 42.3 Å². The molecule has 0 aliphatic rings. The lowest BCUT2D eigenvalue weighted by Crippen LogP contribution is -2.11. The molecule has 0 bridgehead atoms. The standard InChI is InChI=1S/C14H19O/c1-3-4-6-9-12(2)14(15)13-10-7-5-8-11-13/h4-5,7-8,10-12H,3,6,9H2,1-2H3. The molecule has 1 atom stereocenters. The third-order valence-corrected chi connectivity index (χ3v) is 2.60. The second kappa shape index (κ2) is 6.39. The van der Waals surface area contributed by atoms with Crippen LogP contribution < -0.4 is 0 Å². The van der Waals surface area contributed by atoms with Gasteiger partial charge in [-0.2, -0.15) is 0 Å². The molecule has 0 N–H and O–H groups in total. The first-order valence-corrected chi connectivity index (χ1v) is 5.66. The Morgan fingerprint density at radius 2 is 2.00 bits per heavy atom. The van der Waals surface area contributed by atoms with Crippen molar-refractivity contribution >= 4 is 5.78 Å². The first-order chi connectivity index (χ1) is 7.25. The predicted octanol–water partition coefficient (Wildman–Crippen LogP) is 3.90. The molecule has 1 aromatic rings. The van der Waals surface area contributed by atoms with Crippen LogP contribution in [0.25, 0.3) is 0 Å². The summed E-state index contributed by atoms with van der Waals surface area (Å²) in [6, 6.07) is 9.55. The van der Waals surface area contributed by atoms with E-state index in [0.717, 1.165) is 24.8 Å². The fourth-order valence-corrected chi connectivity index (χ4v) is 1.59. The number of carbonyl (C=O) groups is 1. The van der Waals surface area contributed by atoms with E-state index in [4.69, 9.17) is 0 Å². The summed E-state index contributed by atoms with van der Waals surface area (Å²) in [5.41, 5.74) is 0.835. The molecule has 0 aromatic heterocycles. The van der Waals surface area contributed by atoms with Gasteiger partial charge in [0.15, 0.2) is 5.78 Å². The highest BCUT2D eigenvalue weighted by atomic mass is 16.1. The maximum absolute atomic E-state index is 11.9. The monoisotopic (exact) mass is 203 g/mol. The fourth-order valence-electron chi connectivity index (χ4n) is 1.59. The first-order valence-electron chi connectivity index (χ1n) is 5.66. The largest absolute Gasteiger partial charge is 0.294 e. The summed E-state index contributed by atoms with van der Waals surface area (Å²) in [5.74, 6) is 0.398. The van der Waals surface area contributed by atoms with Gasteiger partial charge in [-0.05, 0) is 19.3 Å². The van der Waals surface area contributed by atoms with Gasteiger partial charge in [0.25, 0.3) is 0 Å². The van der Waals surface area contributed by atoms with E-state index in [1.165, 1.54) is 0 Å². The molecule has 1 aromatic carbocycles. The van der Waals surface area contributed by atoms with Crippen molar-refractivity contribution in [2.45, 2.75) is 33.1 Å². The molecule has 1 heteroatoms. The van der Waals surface area contributed by atoms with Crippen LogP contribution in [0.1, 0.15) is 43.5 Å². The second-order valence-corrected chi connectivity index (χ2v) is 3.91. The van der Waals surface area contributed by atoms with Crippen LogP contribution in [-0.2, 0) is 0 Å². The number of hydrogen-bond acceptors (Lipinski definition) is 1. The van der Waals surface area contributed by atoms with Crippen molar-refractivity contribution < 1.29 is 4.79 Å². The summed E-state index contributed by atoms with van der Waals surface area (Å²) >= 11 is 0. The van der Waals surface area contributed by atoms with E-state index in [0.29, 0.717) is 0 Å². The molecule has 0 heterocycles. The zero-order valence-electron chi connectivity index (χ0n) is 9.57. The van der Waals surface area contributed by atoms with Gasteiger partial charge in [0, 0.05) is 11.5 Å². The van der Waals surface area contributed by atoms with Gasteiger partial charge in [-0.3, -0.25) is 4.79 Å². The Morgan fingerprint density at radius 3 is 2.60 bits per heavy atom. The highest BCUT2D eigenvalue weighted by Gasteiger charge is 2.13. The molecule has 0 aliphatic heterocycles. The summed E-state index contributed by atoms with van der Waals surface area (Å²) < 4.78 is 0. The molecule has 1 radical (unpaired) electrons. The summed E-state index contributed by atoms with van der Waals surface area (Å²) in [4.78, 5) is 11.9. The Kier molecular flexibility index (Phi) is 5.09. The summed E-state index contributed by atoms with van der Waals surface area (Å²) in [7, 11) is 0. The van der Waals surface area contributed by atoms with Gasteiger partial charge >= 0.3 is 0 Å². The van der Waals surface area contributed by atoms with Crippen molar-refractivity contribution in [3.8, 4) is 0 Å². The lowest BCUT2D eigenvalue weighted by Gasteiger charge is -2.09. The molecule has 81 valence electrons. The molecule has 1 nitrogen and oxygen atoms in total. The number of hydrogen-bond donors (Lipinski definition) is 0. The van der Waals surface area contributed by atoms with E-state index in [-0.39, 0.29) is 11.7 Å². The van der Waals surface area contributed by atoms with Crippen molar-refractivity contribution in [3.63, 3.8) is 0 Å². The van der Waals surface area contributed by atoms with Crippen LogP contribution >= 0.6 is 0 Å². The quantitative estimate of drug-likeness (QED) is 0.506. The molecule has 0 saturated heterocycles. The Labute approximate surface area is 92.5 Å². The van der Waals surface area contributed by atoms with Crippen LogP contribution in [-0.4, -0.2) is 5.78 Å². The average molecular weight is 203 g/mol. The van der Waals surface area contributed by atoms with Crippen LogP contribution in [0.5, 0.6) is 0 Å². The van der Waals surface area contributed by atoms with Crippen LogP contribution in [0.15, 0.2) is 30.3 Å². The van der Waals surface area contributed by atoms with Crippen LogP contribution in [0.4, 0.5) is 0 Å². The second-order valence-electron chi connectivity index (χ2n) is 3.91. The molecule has 1 rings (SSSR count). The van der Waals surface area contributed by atoms with E-state index >= 15 is 0 Å². The van der Waals surface area contributed by atoms with Gasteiger partial charge in [0.2, 0.25) is 0 Å². The lowest BCUT2D eigenvalue weighted by molar-refractivity contribution is 0.0924. The zero-order chi connectivity index (χ0) is 11.1. The maximum Gasteiger partial charge on any atom is 0.165 e. The van der Waals surface area contributed by atoms with Gasteiger partial charge < -0.3 is 0 Å². The molecular formula is C14H19O. The third-order valence-electron chi connectivity index (χ3n) is 2.60. The van der Waals surface area contributed by atoms with E-state index in [1.54, 1.807) is 0 Å². The molecule has 1 unspecified atom stereocenters. The normalized spacial score (nSPS) is 12.4. The first kappa shape index (κ1) is 12.0. The van der Waals surface area contributed by atoms with Gasteiger partial charge in [0.05, 0.1) is 0 Å². The number of benzene rings is 1. The minimum atomic E-state index is 0.134. The fraction of sp³-hybridized carbons (Fsp3) is 0.429. The number of ketones is 1. The smallest absolute Gasteiger partial charge is 0.165 e. The van der Waals surface area contributed by atoms with Crippen LogP contribution in [0.2, 0.25) is 0 Å². The molecular weight excluding hydrogens is 184 g/mol. The van der Waals surface area contributed by atoms with E-state index in [9.17, 15) is 4.79 Å². The Morgan fingerprint density at radius 1 is 1.33 bits per heavy atom. The summed E-state index contributed by atoms with van der Waals surface area (Å²) in [6.07, 6.45) is 5.32. The zero-order valence-corrected chi connectivity index (χ0v) is 9.57. The number of Topliss-reactive ketones (excluding diaryl/α,β-unsaturated/α-hetero) is 1. The molecule has 15 heavy (non-hydrogen) atoms. The van der Waals surface area contributed by atoms with Crippen LogP contribution in [0.3, 0.4) is 0 Å². The van der Waals surface area contributed by atoms with Crippen molar-refractivity contribution in [2.75, 3.05) is 0 Å². The predicted molar refractivity (Wildman–Crippen MR) is 63.8 cm³/mol. The van der Waals surface area contributed by atoms with Crippen molar-refractivity contribution in [1.82, 2.24) is 0 Å². The molecule has 0 saturated carbocycles. The van der Waals surface area contributed by atoms with E-state index in [1.807, 2.05) is 37.3 Å². The summed E-state index contributed by atoms with van der Waals surface area (Å²) in [5, 5.41) is 0. The number of rotatable bonds is 6. The average Bonchev–Trinajstić information content (AvgIpc) is 2.29. The molecule has 0 amide bonds. The highest BCUT2D eigenvalue weighted by Crippen LogP contribution is 2.14.